The van der Waals surface area contributed by atoms with Gasteiger partial charge in [0, 0.05) is 35.7 Å². The van der Waals surface area contributed by atoms with E-state index in [9.17, 15) is 4.79 Å². The highest BCUT2D eigenvalue weighted by molar-refractivity contribution is 8.06. The average molecular weight is 262 g/mol. The molecule has 2 aliphatic heterocycles. The Morgan fingerprint density at radius 1 is 1.56 bits per heavy atom. The average Bonchev–Trinajstić information content (AvgIpc) is 2.76. The molecule has 0 aromatic rings. The van der Waals surface area contributed by atoms with Gasteiger partial charge in [-0.2, -0.15) is 23.5 Å². The van der Waals surface area contributed by atoms with Crippen molar-refractivity contribution in [3.05, 3.63) is 0 Å². The van der Waals surface area contributed by atoms with Gasteiger partial charge in [0.2, 0.25) is 5.91 Å². The second-order valence-electron chi connectivity index (χ2n) is 4.24. The minimum absolute atomic E-state index is 0.0545. The number of thioether (sulfide) groups is 2. The fourth-order valence-corrected chi connectivity index (χ4v) is 4.41. The molecule has 2 rings (SSSR count). The van der Waals surface area contributed by atoms with Crippen LogP contribution in [0.25, 0.3) is 0 Å². The van der Waals surface area contributed by atoms with E-state index in [2.05, 4.69) is 5.32 Å². The topological polar surface area (TPSA) is 64.4 Å². The van der Waals surface area contributed by atoms with Gasteiger partial charge in [0.25, 0.3) is 0 Å². The third-order valence-electron chi connectivity index (χ3n) is 2.88. The minimum Gasteiger partial charge on any atom is -0.379 e. The van der Waals surface area contributed by atoms with Crippen molar-refractivity contribution >= 4 is 29.4 Å². The van der Waals surface area contributed by atoms with Crippen LogP contribution in [0.5, 0.6) is 0 Å². The number of nitrogens with two attached hydrogens (primary N) is 1. The monoisotopic (exact) mass is 262 g/mol. The molecule has 0 aromatic carbocycles. The van der Waals surface area contributed by atoms with Crippen molar-refractivity contribution in [1.82, 2.24) is 5.32 Å². The second-order valence-corrected chi connectivity index (χ2v) is 6.79. The first-order valence-electron chi connectivity index (χ1n) is 5.55. The van der Waals surface area contributed by atoms with Gasteiger partial charge in [-0.05, 0) is 6.42 Å². The molecule has 4 nitrogen and oxygen atoms in total. The van der Waals surface area contributed by atoms with Crippen molar-refractivity contribution in [1.29, 1.82) is 0 Å². The first kappa shape index (κ1) is 12.5. The number of rotatable bonds is 3. The molecule has 2 saturated heterocycles. The van der Waals surface area contributed by atoms with Gasteiger partial charge in [-0.1, -0.05) is 0 Å². The van der Waals surface area contributed by atoms with E-state index in [1.54, 1.807) is 0 Å². The van der Waals surface area contributed by atoms with Gasteiger partial charge in [-0.25, -0.2) is 0 Å². The Hall–Kier alpha value is 0.0900. The Morgan fingerprint density at radius 2 is 2.44 bits per heavy atom. The number of nitrogens with one attached hydrogen (secondary N) is 1. The molecule has 1 amide bonds. The Labute approximate surface area is 104 Å². The van der Waals surface area contributed by atoms with Crippen LogP contribution in [0.2, 0.25) is 0 Å². The fraction of sp³-hybridized carbons (Fsp3) is 0.900. The molecule has 2 aliphatic rings. The van der Waals surface area contributed by atoms with Gasteiger partial charge >= 0.3 is 0 Å². The first-order valence-corrected chi connectivity index (χ1v) is 7.75. The van der Waals surface area contributed by atoms with Gasteiger partial charge in [0.1, 0.15) is 5.54 Å². The lowest BCUT2D eigenvalue weighted by atomic mass is 9.99. The van der Waals surface area contributed by atoms with E-state index in [4.69, 9.17) is 10.5 Å². The molecule has 16 heavy (non-hydrogen) atoms. The second kappa shape index (κ2) is 5.62. The molecular weight excluding hydrogens is 244 g/mol. The van der Waals surface area contributed by atoms with E-state index in [0.717, 1.165) is 12.3 Å². The van der Waals surface area contributed by atoms with E-state index in [-0.39, 0.29) is 5.91 Å². The lowest BCUT2D eigenvalue weighted by molar-refractivity contribution is -0.126. The summed E-state index contributed by atoms with van der Waals surface area (Å²) < 4.78 is 5.18. The standard InChI is InChI=1S/C10H18N2O2S2/c11-10(1-2-14-7-10)9(13)12-5-8-6-15-3-4-16-8/h8H,1-7,11H2,(H,12,13). The summed E-state index contributed by atoms with van der Waals surface area (Å²) in [6, 6.07) is 0. The minimum atomic E-state index is -0.785. The molecule has 0 bridgehead atoms. The number of ether oxygens (including phenoxy) is 1. The smallest absolute Gasteiger partial charge is 0.242 e. The molecule has 0 spiro atoms. The molecule has 2 unspecified atom stereocenters. The van der Waals surface area contributed by atoms with Gasteiger partial charge < -0.3 is 15.8 Å². The molecule has 0 saturated carbocycles. The number of carbonyl (C=O) groups is 1. The maximum absolute atomic E-state index is 11.9. The summed E-state index contributed by atoms with van der Waals surface area (Å²) in [4.78, 5) is 11.9. The molecule has 0 radical (unpaired) electrons. The summed E-state index contributed by atoms with van der Waals surface area (Å²) in [7, 11) is 0. The van der Waals surface area contributed by atoms with Gasteiger partial charge in [0.15, 0.2) is 0 Å². The van der Waals surface area contributed by atoms with E-state index in [0.29, 0.717) is 24.9 Å². The van der Waals surface area contributed by atoms with E-state index in [1.165, 1.54) is 11.5 Å². The summed E-state index contributed by atoms with van der Waals surface area (Å²) in [6.45, 7) is 1.68. The quantitative estimate of drug-likeness (QED) is 0.753. The summed E-state index contributed by atoms with van der Waals surface area (Å²) >= 11 is 3.90. The van der Waals surface area contributed by atoms with Crippen LogP contribution in [0.15, 0.2) is 0 Å². The SMILES string of the molecule is NC1(C(=O)NCC2CSCCS2)CCOC1. The summed E-state index contributed by atoms with van der Waals surface area (Å²) in [6.07, 6.45) is 0.630. The summed E-state index contributed by atoms with van der Waals surface area (Å²) in [5, 5.41) is 3.49. The van der Waals surface area contributed by atoms with Crippen LogP contribution in [-0.2, 0) is 9.53 Å². The van der Waals surface area contributed by atoms with Crippen LogP contribution in [-0.4, -0.2) is 53.7 Å². The van der Waals surface area contributed by atoms with E-state index < -0.39 is 5.54 Å². The van der Waals surface area contributed by atoms with Crippen molar-refractivity contribution in [3.8, 4) is 0 Å². The maximum atomic E-state index is 11.9. The van der Waals surface area contributed by atoms with Crippen LogP contribution < -0.4 is 11.1 Å². The fourth-order valence-electron chi connectivity index (χ4n) is 1.80. The zero-order valence-corrected chi connectivity index (χ0v) is 10.9. The Kier molecular flexibility index (Phi) is 4.41. The third-order valence-corrected chi connectivity index (χ3v) is 5.72. The van der Waals surface area contributed by atoms with Crippen molar-refractivity contribution in [2.45, 2.75) is 17.2 Å². The number of carbonyl (C=O) groups excluding carboxylic acids is 1. The lowest BCUT2D eigenvalue weighted by Crippen LogP contribution is -2.55. The third kappa shape index (κ3) is 3.06. The number of hydrogen-bond donors (Lipinski definition) is 2. The molecule has 0 aliphatic carbocycles. The highest BCUT2D eigenvalue weighted by Gasteiger charge is 2.38. The van der Waals surface area contributed by atoms with Crippen LogP contribution in [0.1, 0.15) is 6.42 Å². The van der Waals surface area contributed by atoms with Crippen LogP contribution in [0.3, 0.4) is 0 Å². The molecule has 3 N–H and O–H groups in total. The Balaban J connectivity index is 1.74. The highest BCUT2D eigenvalue weighted by atomic mass is 32.2. The molecule has 0 aromatic heterocycles. The lowest BCUT2D eigenvalue weighted by Gasteiger charge is -2.25. The predicted molar refractivity (Wildman–Crippen MR) is 68.9 cm³/mol. The Bertz CT molecular complexity index is 251. The van der Waals surface area contributed by atoms with Crippen LogP contribution in [0, 0.1) is 0 Å². The first-order chi connectivity index (χ1) is 7.71. The van der Waals surface area contributed by atoms with Crippen molar-refractivity contribution in [3.63, 3.8) is 0 Å². The molecule has 92 valence electrons. The zero-order chi connectivity index (χ0) is 11.4. The molecule has 2 heterocycles. The van der Waals surface area contributed by atoms with Gasteiger partial charge in [0.05, 0.1) is 6.61 Å². The van der Waals surface area contributed by atoms with Crippen LogP contribution >= 0.6 is 23.5 Å². The zero-order valence-electron chi connectivity index (χ0n) is 9.24. The van der Waals surface area contributed by atoms with Crippen molar-refractivity contribution in [2.75, 3.05) is 37.0 Å². The molecule has 2 fully saturated rings. The normalized spacial score (nSPS) is 34.9. The maximum Gasteiger partial charge on any atom is 0.242 e. The van der Waals surface area contributed by atoms with E-state index >= 15 is 0 Å². The predicted octanol–water partition coefficient (Wildman–Crippen LogP) is 0.0690. The van der Waals surface area contributed by atoms with Gasteiger partial charge in [-0.3, -0.25) is 4.79 Å². The van der Waals surface area contributed by atoms with Crippen molar-refractivity contribution < 1.29 is 9.53 Å². The van der Waals surface area contributed by atoms with Crippen molar-refractivity contribution in [2.24, 2.45) is 5.73 Å². The summed E-state index contributed by atoms with van der Waals surface area (Å²) in [5.41, 5.74) is 5.18. The largest absolute Gasteiger partial charge is 0.379 e. The Morgan fingerprint density at radius 3 is 3.06 bits per heavy atom. The molecular formula is C10H18N2O2S2. The number of hydrogen-bond acceptors (Lipinski definition) is 5. The van der Waals surface area contributed by atoms with E-state index in [1.807, 2.05) is 23.5 Å². The summed E-state index contributed by atoms with van der Waals surface area (Å²) in [5.74, 6) is 3.48. The highest BCUT2D eigenvalue weighted by Crippen LogP contribution is 2.23. The number of amides is 1. The molecule has 2 atom stereocenters. The van der Waals surface area contributed by atoms with Gasteiger partial charge in [-0.15, -0.1) is 0 Å². The van der Waals surface area contributed by atoms with Crippen LogP contribution in [0.4, 0.5) is 0 Å². The molecule has 6 heteroatoms.